The van der Waals surface area contributed by atoms with Crippen LogP contribution in [0.3, 0.4) is 0 Å². The Bertz CT molecular complexity index is 3150. The minimum atomic E-state index is 0.565. The summed E-state index contributed by atoms with van der Waals surface area (Å²) in [6.07, 6.45) is 0. The Balaban J connectivity index is 1.17. The third-order valence-electron chi connectivity index (χ3n) is 9.93. The molecule has 4 heterocycles. The molecule has 0 aliphatic carbocycles. The molecule has 53 heavy (non-hydrogen) atoms. The fourth-order valence-electron chi connectivity index (χ4n) is 7.55. The van der Waals surface area contributed by atoms with Crippen LogP contribution in [-0.2, 0) is 0 Å². The maximum absolute atomic E-state index is 6.26. The van der Waals surface area contributed by atoms with E-state index >= 15 is 0 Å². The third kappa shape index (κ3) is 4.71. The fraction of sp³-hybridized carbons (Fsp3) is 0. The zero-order chi connectivity index (χ0) is 34.9. The summed E-state index contributed by atoms with van der Waals surface area (Å²) in [5.41, 5.74) is 8.84. The monoisotopic (exact) mass is 697 g/mol. The van der Waals surface area contributed by atoms with Crippen LogP contribution in [0.2, 0.25) is 0 Å². The van der Waals surface area contributed by atoms with Gasteiger partial charge in [0.25, 0.3) is 0 Å². The summed E-state index contributed by atoms with van der Waals surface area (Å²) in [6.45, 7) is 0. The van der Waals surface area contributed by atoms with Crippen molar-refractivity contribution in [3.05, 3.63) is 164 Å². The lowest BCUT2D eigenvalue weighted by molar-refractivity contribution is 0.621. The first kappa shape index (κ1) is 29.7. The van der Waals surface area contributed by atoms with Gasteiger partial charge in [0.15, 0.2) is 17.2 Å². The Kier molecular flexibility index (Phi) is 6.62. The molecule has 0 saturated heterocycles. The molecular weight excluding hydrogens is 671 g/mol. The van der Waals surface area contributed by atoms with Gasteiger partial charge in [0, 0.05) is 42.1 Å². The van der Waals surface area contributed by atoms with E-state index in [0.717, 1.165) is 75.3 Å². The van der Waals surface area contributed by atoms with E-state index in [1.807, 2.05) is 42.5 Å². The van der Waals surface area contributed by atoms with E-state index in [1.165, 1.54) is 5.56 Å². The highest BCUT2D eigenvalue weighted by molar-refractivity contribution is 7.26. The van der Waals surface area contributed by atoms with Gasteiger partial charge in [-0.15, -0.1) is 11.3 Å². The van der Waals surface area contributed by atoms with Crippen molar-refractivity contribution in [1.82, 2.24) is 24.5 Å². The number of aromatic nitrogens is 5. The van der Waals surface area contributed by atoms with Gasteiger partial charge in [-0.1, -0.05) is 127 Å². The molecule has 7 heteroatoms. The Morgan fingerprint density at radius 1 is 0.434 bits per heavy atom. The van der Waals surface area contributed by atoms with Crippen molar-refractivity contribution in [2.24, 2.45) is 0 Å². The molecule has 0 atom stereocenters. The summed E-state index contributed by atoms with van der Waals surface area (Å²) < 4.78 is 10.6. The molecule has 0 bridgehead atoms. The highest BCUT2D eigenvalue weighted by Crippen LogP contribution is 2.44. The normalized spacial score (nSPS) is 11.8. The van der Waals surface area contributed by atoms with Gasteiger partial charge in [-0.2, -0.15) is 9.97 Å². The summed E-state index contributed by atoms with van der Waals surface area (Å²) in [5.74, 6) is 2.40. The molecule has 0 N–H and O–H groups in total. The molecule has 0 amide bonds. The van der Waals surface area contributed by atoms with Crippen LogP contribution in [0, 0.1) is 0 Å². The lowest BCUT2D eigenvalue weighted by Gasteiger charge is -2.11. The van der Waals surface area contributed by atoms with E-state index in [2.05, 4.69) is 126 Å². The van der Waals surface area contributed by atoms with Crippen LogP contribution in [0.15, 0.2) is 168 Å². The molecule has 0 saturated carbocycles. The van der Waals surface area contributed by atoms with E-state index in [-0.39, 0.29) is 0 Å². The lowest BCUT2D eigenvalue weighted by Crippen LogP contribution is -2.06. The van der Waals surface area contributed by atoms with Crippen LogP contribution < -0.4 is 0 Å². The molecule has 11 aromatic rings. The molecule has 4 aromatic heterocycles. The predicted molar refractivity (Wildman–Crippen MR) is 216 cm³/mol. The van der Waals surface area contributed by atoms with E-state index in [0.29, 0.717) is 23.5 Å². The second kappa shape index (κ2) is 11.8. The van der Waals surface area contributed by atoms with Crippen molar-refractivity contribution in [3.63, 3.8) is 0 Å². The average Bonchev–Trinajstić information content (AvgIpc) is 3.93. The third-order valence-corrected chi connectivity index (χ3v) is 11.2. The second-order valence-electron chi connectivity index (χ2n) is 13.0. The van der Waals surface area contributed by atoms with Crippen LogP contribution in [0.1, 0.15) is 0 Å². The molecule has 248 valence electrons. The maximum Gasteiger partial charge on any atom is 0.238 e. The first-order valence-corrected chi connectivity index (χ1v) is 18.3. The van der Waals surface area contributed by atoms with E-state index in [9.17, 15) is 0 Å². The number of hydrogen-bond donors (Lipinski definition) is 0. The summed E-state index contributed by atoms with van der Waals surface area (Å²) >= 11 is 1.72. The molecule has 0 aliphatic heterocycles. The highest BCUT2D eigenvalue weighted by atomic mass is 32.1. The lowest BCUT2D eigenvalue weighted by atomic mass is 9.99. The van der Waals surface area contributed by atoms with Gasteiger partial charge in [0.05, 0.1) is 16.6 Å². The standard InChI is InChI=1S/C46H27N5OS/c1-3-14-28(15-4-1)30-19-13-26-38-40(30)33-18-7-9-25-37(33)51(38)46-49-43(29-16-5-2-6-17-29)48-44(50-46)34-22-11-20-31-32-21-12-23-35(42(32)53-41(31)34)45-47-36-24-8-10-27-39(36)52-45/h1-27H. The number of thiophene rings is 1. The summed E-state index contributed by atoms with van der Waals surface area (Å²) in [5, 5.41) is 4.58. The SMILES string of the molecule is c1ccc(-c2nc(-c3cccc4c3sc3c(-c5nc6ccccc6o5)cccc34)nc(-n3c4ccccc4c4c(-c5ccccc5)cccc43)n2)cc1. The Hall–Kier alpha value is -6.96. The van der Waals surface area contributed by atoms with Crippen LogP contribution >= 0.6 is 11.3 Å². The predicted octanol–water partition coefficient (Wildman–Crippen LogP) is 12.1. The molecule has 6 nitrogen and oxygen atoms in total. The number of hydrogen-bond acceptors (Lipinski definition) is 6. The van der Waals surface area contributed by atoms with Gasteiger partial charge < -0.3 is 4.42 Å². The van der Waals surface area contributed by atoms with Gasteiger partial charge in [0.2, 0.25) is 11.8 Å². The molecule has 7 aromatic carbocycles. The van der Waals surface area contributed by atoms with E-state index < -0.39 is 0 Å². The van der Waals surface area contributed by atoms with Crippen LogP contribution in [0.25, 0.3) is 104 Å². The molecule has 0 fully saturated rings. The molecule has 0 unspecified atom stereocenters. The number of oxazole rings is 1. The first-order valence-electron chi connectivity index (χ1n) is 17.5. The molecule has 0 spiro atoms. The maximum atomic E-state index is 6.26. The van der Waals surface area contributed by atoms with Crippen molar-refractivity contribution in [2.75, 3.05) is 0 Å². The van der Waals surface area contributed by atoms with Gasteiger partial charge in [0.1, 0.15) is 5.52 Å². The second-order valence-corrected chi connectivity index (χ2v) is 14.0. The Morgan fingerprint density at radius 3 is 1.85 bits per heavy atom. The van der Waals surface area contributed by atoms with Crippen LogP contribution in [0.4, 0.5) is 0 Å². The Labute approximate surface area is 307 Å². The number of benzene rings is 7. The molecule has 0 aliphatic rings. The zero-order valence-electron chi connectivity index (χ0n) is 28.1. The van der Waals surface area contributed by atoms with Crippen molar-refractivity contribution < 1.29 is 4.42 Å². The summed E-state index contributed by atoms with van der Waals surface area (Å²) in [6, 6.07) is 56.3. The molecule has 11 rings (SSSR count). The smallest absolute Gasteiger partial charge is 0.238 e. The van der Waals surface area contributed by atoms with Gasteiger partial charge >= 0.3 is 0 Å². The van der Waals surface area contributed by atoms with Crippen LogP contribution in [0.5, 0.6) is 0 Å². The minimum absolute atomic E-state index is 0.565. The van der Waals surface area contributed by atoms with E-state index in [1.54, 1.807) is 11.3 Å². The summed E-state index contributed by atoms with van der Waals surface area (Å²) in [4.78, 5) is 20.5. The highest BCUT2D eigenvalue weighted by Gasteiger charge is 2.22. The topological polar surface area (TPSA) is 69.6 Å². The quantitative estimate of drug-likeness (QED) is 0.179. The van der Waals surface area contributed by atoms with Crippen molar-refractivity contribution in [1.29, 1.82) is 0 Å². The van der Waals surface area contributed by atoms with Gasteiger partial charge in [-0.05, 0) is 47.5 Å². The van der Waals surface area contributed by atoms with E-state index in [4.69, 9.17) is 24.4 Å². The van der Waals surface area contributed by atoms with Gasteiger partial charge in [-0.25, -0.2) is 9.97 Å². The Morgan fingerprint density at radius 2 is 1.04 bits per heavy atom. The largest absolute Gasteiger partial charge is 0.436 e. The molecular formula is C46H27N5OS. The van der Waals surface area contributed by atoms with Crippen molar-refractivity contribution >= 4 is 64.4 Å². The zero-order valence-corrected chi connectivity index (χ0v) is 29.0. The van der Waals surface area contributed by atoms with Crippen molar-refractivity contribution in [3.8, 4) is 51.3 Å². The number of nitrogens with zero attached hydrogens (tertiary/aromatic N) is 5. The molecule has 0 radical (unpaired) electrons. The average molecular weight is 698 g/mol. The van der Waals surface area contributed by atoms with Gasteiger partial charge in [-0.3, -0.25) is 4.57 Å². The fourth-order valence-corrected chi connectivity index (χ4v) is 8.86. The summed E-state index contributed by atoms with van der Waals surface area (Å²) in [7, 11) is 0. The minimum Gasteiger partial charge on any atom is -0.436 e. The van der Waals surface area contributed by atoms with Crippen molar-refractivity contribution in [2.45, 2.75) is 0 Å². The first-order chi connectivity index (χ1) is 26.3. The van der Waals surface area contributed by atoms with Crippen LogP contribution in [-0.4, -0.2) is 24.5 Å². The number of para-hydroxylation sites is 3. The number of fused-ring (bicyclic) bond motifs is 7. The number of rotatable bonds is 5.